The van der Waals surface area contributed by atoms with Crippen LogP contribution >= 0.6 is 0 Å². The lowest BCUT2D eigenvalue weighted by Crippen LogP contribution is -2.31. The van der Waals surface area contributed by atoms with Gasteiger partial charge in [0.25, 0.3) is 0 Å². The highest BCUT2D eigenvalue weighted by atomic mass is 32.2. The van der Waals surface area contributed by atoms with Crippen LogP contribution in [0.15, 0.2) is 17.0 Å². The van der Waals surface area contributed by atoms with Crippen molar-refractivity contribution in [3.63, 3.8) is 0 Å². The van der Waals surface area contributed by atoms with Crippen molar-refractivity contribution in [1.82, 2.24) is 4.72 Å². The molecule has 0 fully saturated rings. The number of hydrogen-bond donors (Lipinski definition) is 2. The zero-order valence-electron chi connectivity index (χ0n) is 10.6. The SMILES string of the molecule is Cc1cc(C)c(S(=O)(=O)NCC(C)O)cc1C. The van der Waals surface area contributed by atoms with Gasteiger partial charge in [-0.3, -0.25) is 0 Å². The Labute approximate surface area is 103 Å². The van der Waals surface area contributed by atoms with Crippen molar-refractivity contribution in [2.75, 3.05) is 6.54 Å². The van der Waals surface area contributed by atoms with Gasteiger partial charge in [0, 0.05) is 6.54 Å². The Morgan fingerprint density at radius 3 is 2.24 bits per heavy atom. The number of aryl methyl sites for hydroxylation is 3. The van der Waals surface area contributed by atoms with Gasteiger partial charge in [0.2, 0.25) is 10.0 Å². The number of aliphatic hydroxyl groups is 1. The van der Waals surface area contributed by atoms with Crippen molar-refractivity contribution in [3.05, 3.63) is 28.8 Å². The maximum absolute atomic E-state index is 12.0. The van der Waals surface area contributed by atoms with E-state index < -0.39 is 16.1 Å². The summed E-state index contributed by atoms with van der Waals surface area (Å²) in [5, 5.41) is 9.10. The Balaban J connectivity index is 3.11. The van der Waals surface area contributed by atoms with Crippen molar-refractivity contribution in [3.8, 4) is 0 Å². The molecule has 0 bridgehead atoms. The van der Waals surface area contributed by atoms with Crippen LogP contribution in [-0.2, 0) is 10.0 Å². The summed E-state index contributed by atoms with van der Waals surface area (Å²) in [7, 11) is -3.54. The minimum absolute atomic E-state index is 0.0225. The zero-order chi connectivity index (χ0) is 13.2. The fourth-order valence-corrected chi connectivity index (χ4v) is 2.96. The van der Waals surface area contributed by atoms with Gasteiger partial charge in [-0.25, -0.2) is 13.1 Å². The molecule has 0 aliphatic carbocycles. The Morgan fingerprint density at radius 2 is 1.71 bits per heavy atom. The molecule has 0 aromatic heterocycles. The van der Waals surface area contributed by atoms with Gasteiger partial charge in [-0.15, -0.1) is 0 Å². The van der Waals surface area contributed by atoms with Crippen LogP contribution in [0.25, 0.3) is 0 Å². The predicted octanol–water partition coefficient (Wildman–Crippen LogP) is 1.27. The molecule has 5 heteroatoms. The van der Waals surface area contributed by atoms with Gasteiger partial charge >= 0.3 is 0 Å². The molecule has 4 nitrogen and oxygen atoms in total. The summed E-state index contributed by atoms with van der Waals surface area (Å²) in [5.41, 5.74) is 2.72. The molecule has 0 aliphatic heterocycles. The molecule has 1 rings (SSSR count). The van der Waals surface area contributed by atoms with E-state index in [9.17, 15) is 8.42 Å². The van der Waals surface area contributed by atoms with Gasteiger partial charge in [0.05, 0.1) is 11.0 Å². The van der Waals surface area contributed by atoms with Crippen LogP contribution in [0.4, 0.5) is 0 Å². The third-order valence-corrected chi connectivity index (χ3v) is 4.22. The highest BCUT2D eigenvalue weighted by molar-refractivity contribution is 7.89. The Bertz CT molecular complexity index is 507. The molecule has 0 amide bonds. The van der Waals surface area contributed by atoms with Crippen molar-refractivity contribution in [1.29, 1.82) is 0 Å². The van der Waals surface area contributed by atoms with E-state index in [2.05, 4.69) is 4.72 Å². The summed E-state index contributed by atoms with van der Waals surface area (Å²) in [6.45, 7) is 7.15. The van der Waals surface area contributed by atoms with E-state index in [0.717, 1.165) is 11.1 Å². The van der Waals surface area contributed by atoms with E-state index in [4.69, 9.17) is 5.11 Å². The molecule has 0 saturated carbocycles. The van der Waals surface area contributed by atoms with E-state index in [1.165, 1.54) is 6.92 Å². The third-order valence-electron chi connectivity index (χ3n) is 2.65. The molecule has 1 atom stereocenters. The number of aliphatic hydroxyl groups excluding tert-OH is 1. The van der Waals surface area contributed by atoms with Crippen molar-refractivity contribution in [2.24, 2.45) is 0 Å². The third kappa shape index (κ3) is 3.52. The van der Waals surface area contributed by atoms with E-state index in [0.29, 0.717) is 5.56 Å². The minimum atomic E-state index is -3.54. The van der Waals surface area contributed by atoms with Gasteiger partial charge < -0.3 is 5.11 Å². The maximum atomic E-state index is 12.0. The first-order valence-corrected chi connectivity index (χ1v) is 6.98. The lowest BCUT2D eigenvalue weighted by atomic mass is 10.1. The first kappa shape index (κ1) is 14.2. The molecule has 0 spiro atoms. The molecular weight excluding hydrogens is 238 g/mol. The summed E-state index contributed by atoms with van der Waals surface area (Å²) in [5.74, 6) is 0. The molecule has 96 valence electrons. The van der Waals surface area contributed by atoms with Crippen molar-refractivity contribution in [2.45, 2.75) is 38.7 Å². The topological polar surface area (TPSA) is 66.4 Å². The quantitative estimate of drug-likeness (QED) is 0.853. The largest absolute Gasteiger partial charge is 0.392 e. The van der Waals surface area contributed by atoms with Gasteiger partial charge in [-0.05, 0) is 50.5 Å². The average molecular weight is 257 g/mol. The maximum Gasteiger partial charge on any atom is 0.240 e. The van der Waals surface area contributed by atoms with Crippen LogP contribution in [-0.4, -0.2) is 26.2 Å². The lowest BCUT2D eigenvalue weighted by molar-refractivity contribution is 0.198. The summed E-state index contributed by atoms with van der Waals surface area (Å²) in [6.07, 6.45) is -0.698. The lowest BCUT2D eigenvalue weighted by Gasteiger charge is -2.12. The van der Waals surface area contributed by atoms with Gasteiger partial charge in [0.15, 0.2) is 0 Å². The van der Waals surface area contributed by atoms with Crippen LogP contribution in [0.3, 0.4) is 0 Å². The summed E-state index contributed by atoms with van der Waals surface area (Å²) in [4.78, 5) is 0.279. The Kier molecular flexibility index (Phi) is 4.30. The van der Waals surface area contributed by atoms with Crippen molar-refractivity contribution >= 4 is 10.0 Å². The molecule has 1 unspecified atom stereocenters. The fraction of sp³-hybridized carbons (Fsp3) is 0.500. The molecule has 1 aromatic carbocycles. The molecule has 0 heterocycles. The summed E-state index contributed by atoms with van der Waals surface area (Å²) < 4.78 is 26.4. The van der Waals surface area contributed by atoms with Gasteiger partial charge in [-0.2, -0.15) is 0 Å². The normalized spacial score (nSPS) is 13.7. The summed E-state index contributed by atoms with van der Waals surface area (Å²) >= 11 is 0. The molecule has 1 aromatic rings. The average Bonchev–Trinajstić information content (AvgIpc) is 2.20. The second kappa shape index (κ2) is 5.16. The van der Waals surface area contributed by atoms with E-state index in [1.54, 1.807) is 13.0 Å². The van der Waals surface area contributed by atoms with Crippen LogP contribution in [0.5, 0.6) is 0 Å². The number of rotatable bonds is 4. The standard InChI is InChI=1S/C12H19NO3S/c1-8-5-10(3)12(6-9(8)2)17(15,16)13-7-11(4)14/h5-6,11,13-14H,7H2,1-4H3. The highest BCUT2D eigenvalue weighted by Crippen LogP contribution is 2.19. The second-order valence-electron chi connectivity index (χ2n) is 4.40. The fourth-order valence-electron chi connectivity index (χ4n) is 1.53. The predicted molar refractivity (Wildman–Crippen MR) is 67.5 cm³/mol. The number of sulfonamides is 1. The monoisotopic (exact) mass is 257 g/mol. The molecule has 0 aliphatic rings. The number of benzene rings is 1. The molecular formula is C12H19NO3S. The van der Waals surface area contributed by atoms with Gasteiger partial charge in [0.1, 0.15) is 0 Å². The van der Waals surface area contributed by atoms with Crippen LogP contribution in [0, 0.1) is 20.8 Å². The molecule has 2 N–H and O–H groups in total. The molecule has 17 heavy (non-hydrogen) atoms. The Hall–Kier alpha value is -0.910. The minimum Gasteiger partial charge on any atom is -0.392 e. The zero-order valence-corrected chi connectivity index (χ0v) is 11.4. The smallest absolute Gasteiger partial charge is 0.240 e. The number of nitrogens with one attached hydrogen (secondary N) is 1. The van der Waals surface area contributed by atoms with Crippen LogP contribution < -0.4 is 4.72 Å². The number of hydrogen-bond acceptors (Lipinski definition) is 3. The first-order valence-electron chi connectivity index (χ1n) is 5.49. The van der Waals surface area contributed by atoms with Crippen LogP contribution in [0.1, 0.15) is 23.6 Å². The van der Waals surface area contributed by atoms with Crippen LogP contribution in [0.2, 0.25) is 0 Å². The summed E-state index contributed by atoms with van der Waals surface area (Å²) in [6, 6.07) is 3.52. The van der Waals surface area contributed by atoms with E-state index in [1.807, 2.05) is 19.9 Å². The van der Waals surface area contributed by atoms with Gasteiger partial charge in [-0.1, -0.05) is 6.07 Å². The van der Waals surface area contributed by atoms with Crippen molar-refractivity contribution < 1.29 is 13.5 Å². The highest BCUT2D eigenvalue weighted by Gasteiger charge is 2.17. The Morgan fingerprint density at radius 1 is 1.18 bits per heavy atom. The second-order valence-corrected chi connectivity index (χ2v) is 6.14. The van der Waals surface area contributed by atoms with E-state index >= 15 is 0 Å². The molecule has 0 saturated heterocycles. The molecule has 0 radical (unpaired) electrons. The van der Waals surface area contributed by atoms with E-state index in [-0.39, 0.29) is 11.4 Å². The first-order chi connectivity index (χ1) is 7.74.